The van der Waals surface area contributed by atoms with Crippen LogP contribution >= 0.6 is 0 Å². The quantitative estimate of drug-likeness (QED) is 0.838. The van der Waals surface area contributed by atoms with Gasteiger partial charge in [0.25, 0.3) is 5.91 Å². The number of hydrogen-bond acceptors (Lipinski definition) is 4. The van der Waals surface area contributed by atoms with E-state index in [4.69, 9.17) is 4.74 Å². The topological polar surface area (TPSA) is 87.7 Å². The first-order chi connectivity index (χ1) is 13.0. The zero-order valence-corrected chi connectivity index (χ0v) is 15.2. The Morgan fingerprint density at radius 1 is 1.15 bits per heavy atom. The summed E-state index contributed by atoms with van der Waals surface area (Å²) < 4.78 is 5.11. The van der Waals surface area contributed by atoms with E-state index in [9.17, 15) is 14.4 Å². The van der Waals surface area contributed by atoms with E-state index >= 15 is 0 Å². The molecule has 0 saturated carbocycles. The molecule has 1 aliphatic heterocycles. The first kappa shape index (κ1) is 18.4. The maximum absolute atomic E-state index is 12.7. The smallest absolute Gasteiger partial charge is 0.254 e. The zero-order valence-electron chi connectivity index (χ0n) is 15.2. The van der Waals surface area contributed by atoms with E-state index in [1.807, 2.05) is 24.3 Å². The third-order valence-corrected chi connectivity index (χ3v) is 4.37. The molecule has 3 amide bonds. The molecule has 7 heteroatoms. The number of amides is 3. The summed E-state index contributed by atoms with van der Waals surface area (Å²) in [5.74, 6) is -0.223. The van der Waals surface area contributed by atoms with Gasteiger partial charge in [-0.3, -0.25) is 14.4 Å². The molecule has 1 unspecified atom stereocenters. The van der Waals surface area contributed by atoms with Gasteiger partial charge in [-0.05, 0) is 36.8 Å². The third-order valence-electron chi connectivity index (χ3n) is 4.37. The second kappa shape index (κ2) is 7.90. The van der Waals surface area contributed by atoms with Crippen molar-refractivity contribution in [3.8, 4) is 5.75 Å². The summed E-state index contributed by atoms with van der Waals surface area (Å²) in [5.41, 5.74) is 1.72. The molecule has 0 radical (unpaired) electrons. The van der Waals surface area contributed by atoms with Crippen molar-refractivity contribution < 1.29 is 19.1 Å². The number of methoxy groups -OCH3 is 1. The molecule has 1 heterocycles. The summed E-state index contributed by atoms with van der Waals surface area (Å²) in [4.78, 5) is 38.7. The zero-order chi connectivity index (χ0) is 19.4. The van der Waals surface area contributed by atoms with E-state index in [-0.39, 0.29) is 24.3 Å². The van der Waals surface area contributed by atoms with Gasteiger partial charge in [0.2, 0.25) is 11.8 Å². The van der Waals surface area contributed by atoms with Crippen molar-refractivity contribution in [1.29, 1.82) is 0 Å². The molecule has 2 N–H and O–H groups in total. The first-order valence-corrected chi connectivity index (χ1v) is 8.60. The Balaban J connectivity index is 1.72. The highest BCUT2D eigenvalue weighted by atomic mass is 16.5. The monoisotopic (exact) mass is 367 g/mol. The minimum atomic E-state index is -0.709. The summed E-state index contributed by atoms with van der Waals surface area (Å²) in [6.07, 6.45) is 0. The van der Waals surface area contributed by atoms with Crippen molar-refractivity contribution in [3.05, 3.63) is 59.7 Å². The van der Waals surface area contributed by atoms with Gasteiger partial charge in [-0.2, -0.15) is 0 Å². The average molecular weight is 367 g/mol. The fraction of sp³-hybridized carbons (Fsp3) is 0.250. The lowest BCUT2D eigenvalue weighted by Crippen LogP contribution is -2.47. The van der Waals surface area contributed by atoms with E-state index in [0.717, 1.165) is 11.3 Å². The minimum absolute atomic E-state index is 0.161. The summed E-state index contributed by atoms with van der Waals surface area (Å²) in [6, 6.07) is 13.4. The van der Waals surface area contributed by atoms with Crippen LogP contribution in [0.15, 0.2) is 48.5 Å². The Morgan fingerprint density at radius 3 is 2.56 bits per heavy atom. The molecule has 27 heavy (non-hydrogen) atoms. The molecule has 3 rings (SSSR count). The summed E-state index contributed by atoms with van der Waals surface area (Å²) in [5, 5.41) is 5.45. The molecule has 2 aromatic carbocycles. The number of benzene rings is 2. The van der Waals surface area contributed by atoms with Gasteiger partial charge in [-0.15, -0.1) is 0 Å². The van der Waals surface area contributed by atoms with Crippen molar-refractivity contribution in [1.82, 2.24) is 10.6 Å². The molecule has 0 aliphatic carbocycles. The Hall–Kier alpha value is -3.35. The second-order valence-corrected chi connectivity index (χ2v) is 6.26. The van der Waals surface area contributed by atoms with E-state index in [1.54, 1.807) is 38.3 Å². The standard InChI is InChI=1S/C20H21N3O4/c1-13-20(26)23(17-6-4-3-5-16(17)19(25)22-13)12-18(24)21-11-14-7-9-15(27-2)10-8-14/h3-10,13H,11-12H2,1-2H3,(H,21,24)(H,22,25). The van der Waals surface area contributed by atoms with E-state index in [0.29, 0.717) is 17.8 Å². The van der Waals surface area contributed by atoms with Crippen molar-refractivity contribution in [2.24, 2.45) is 0 Å². The molecule has 0 fully saturated rings. The molecule has 0 aromatic heterocycles. The molecule has 140 valence electrons. The van der Waals surface area contributed by atoms with Gasteiger partial charge >= 0.3 is 0 Å². The molecule has 1 atom stereocenters. The van der Waals surface area contributed by atoms with Crippen LogP contribution in [0.3, 0.4) is 0 Å². The maximum Gasteiger partial charge on any atom is 0.254 e. The average Bonchev–Trinajstić information content (AvgIpc) is 2.77. The molecule has 7 nitrogen and oxygen atoms in total. The van der Waals surface area contributed by atoms with Crippen molar-refractivity contribution >= 4 is 23.4 Å². The largest absolute Gasteiger partial charge is 0.497 e. The van der Waals surface area contributed by atoms with Crippen molar-refractivity contribution in [2.75, 3.05) is 18.6 Å². The molecule has 0 bridgehead atoms. The van der Waals surface area contributed by atoms with Crippen LogP contribution in [0.25, 0.3) is 0 Å². The van der Waals surface area contributed by atoms with Crippen molar-refractivity contribution in [2.45, 2.75) is 19.5 Å². The molecule has 2 aromatic rings. The molecule has 1 aliphatic rings. The van der Waals surface area contributed by atoms with Crippen LogP contribution in [0, 0.1) is 0 Å². The summed E-state index contributed by atoms with van der Waals surface area (Å²) >= 11 is 0. The number of nitrogens with zero attached hydrogens (tertiary/aromatic N) is 1. The van der Waals surface area contributed by atoms with E-state index in [1.165, 1.54) is 4.90 Å². The molecule has 0 saturated heterocycles. The number of fused-ring (bicyclic) bond motifs is 1. The van der Waals surface area contributed by atoms with Gasteiger partial charge < -0.3 is 20.3 Å². The lowest BCUT2D eigenvalue weighted by atomic mass is 10.1. The van der Waals surface area contributed by atoms with Crippen LogP contribution in [-0.2, 0) is 16.1 Å². The van der Waals surface area contributed by atoms with Gasteiger partial charge in [0.05, 0.1) is 18.4 Å². The molecular weight excluding hydrogens is 346 g/mol. The fourth-order valence-electron chi connectivity index (χ4n) is 2.90. The first-order valence-electron chi connectivity index (χ1n) is 8.60. The van der Waals surface area contributed by atoms with Gasteiger partial charge in [-0.1, -0.05) is 24.3 Å². The Kier molecular flexibility index (Phi) is 5.40. The number of rotatable bonds is 5. The summed E-state index contributed by atoms with van der Waals surface area (Å²) in [6.45, 7) is 1.78. The molecule has 0 spiro atoms. The lowest BCUT2D eigenvalue weighted by molar-refractivity contribution is -0.124. The van der Waals surface area contributed by atoms with Crippen LogP contribution in [0.5, 0.6) is 5.75 Å². The second-order valence-electron chi connectivity index (χ2n) is 6.26. The SMILES string of the molecule is COc1ccc(CNC(=O)CN2C(=O)C(C)NC(=O)c3ccccc32)cc1. The predicted octanol–water partition coefficient (Wildman–Crippen LogP) is 1.48. The van der Waals surface area contributed by atoms with Gasteiger partial charge in [-0.25, -0.2) is 0 Å². The van der Waals surface area contributed by atoms with Crippen LogP contribution in [0.1, 0.15) is 22.8 Å². The highest BCUT2D eigenvalue weighted by Crippen LogP contribution is 2.24. The Bertz CT molecular complexity index is 864. The highest BCUT2D eigenvalue weighted by molar-refractivity contribution is 6.12. The number of carbonyl (C=O) groups is 3. The number of para-hydroxylation sites is 1. The van der Waals surface area contributed by atoms with E-state index < -0.39 is 6.04 Å². The van der Waals surface area contributed by atoms with E-state index in [2.05, 4.69) is 10.6 Å². The number of hydrogen-bond donors (Lipinski definition) is 2. The van der Waals surface area contributed by atoms with Crippen LogP contribution in [-0.4, -0.2) is 37.4 Å². The third kappa shape index (κ3) is 4.08. The summed E-state index contributed by atoms with van der Waals surface area (Å²) in [7, 11) is 1.59. The number of nitrogens with one attached hydrogen (secondary N) is 2. The van der Waals surface area contributed by atoms with Crippen LogP contribution < -0.4 is 20.3 Å². The fourth-order valence-corrected chi connectivity index (χ4v) is 2.90. The Morgan fingerprint density at radius 2 is 1.85 bits per heavy atom. The van der Waals surface area contributed by atoms with Gasteiger partial charge in [0, 0.05) is 6.54 Å². The maximum atomic E-state index is 12.7. The van der Waals surface area contributed by atoms with Gasteiger partial charge in [0.1, 0.15) is 18.3 Å². The van der Waals surface area contributed by atoms with Crippen LogP contribution in [0.4, 0.5) is 5.69 Å². The number of ether oxygens (including phenoxy) is 1. The predicted molar refractivity (Wildman–Crippen MR) is 101 cm³/mol. The highest BCUT2D eigenvalue weighted by Gasteiger charge is 2.32. The van der Waals surface area contributed by atoms with Crippen LogP contribution in [0.2, 0.25) is 0 Å². The number of carbonyl (C=O) groups excluding carboxylic acids is 3. The van der Waals surface area contributed by atoms with Crippen molar-refractivity contribution in [3.63, 3.8) is 0 Å². The number of anilines is 1. The normalized spacial score (nSPS) is 16.2. The molecular formula is C20H21N3O4. The lowest BCUT2D eigenvalue weighted by Gasteiger charge is -2.23. The Labute approximate surface area is 157 Å². The van der Waals surface area contributed by atoms with Gasteiger partial charge in [0.15, 0.2) is 0 Å². The minimum Gasteiger partial charge on any atom is -0.497 e.